The van der Waals surface area contributed by atoms with Gasteiger partial charge in [-0.2, -0.15) is 0 Å². The molecule has 0 aliphatic heterocycles. The lowest BCUT2D eigenvalue weighted by molar-refractivity contribution is -0.117. The number of hydrogen-bond acceptors (Lipinski definition) is 5. The molecule has 0 heterocycles. The Morgan fingerprint density at radius 3 is 2.19 bits per heavy atom. The van der Waals surface area contributed by atoms with E-state index in [-0.39, 0.29) is 12.5 Å². The summed E-state index contributed by atoms with van der Waals surface area (Å²) in [7, 11) is 4.59. The highest BCUT2D eigenvalue weighted by atomic mass is 16.5. The van der Waals surface area contributed by atoms with Gasteiger partial charge in [0, 0.05) is 6.08 Å². The maximum Gasteiger partial charge on any atom is 0.244 e. The smallest absolute Gasteiger partial charge is 0.244 e. The lowest BCUT2D eigenvalue weighted by Gasteiger charge is -2.23. The van der Waals surface area contributed by atoms with Gasteiger partial charge < -0.3 is 24.6 Å². The molecule has 2 N–H and O–H groups in total. The van der Waals surface area contributed by atoms with Crippen LogP contribution >= 0.6 is 0 Å². The van der Waals surface area contributed by atoms with E-state index >= 15 is 0 Å². The van der Waals surface area contributed by atoms with E-state index in [9.17, 15) is 9.90 Å². The molecule has 1 unspecified atom stereocenters. The molecule has 1 amide bonds. The summed E-state index contributed by atoms with van der Waals surface area (Å²) in [6.07, 6.45) is 3.03. The first-order valence-electron chi connectivity index (χ1n) is 8.45. The zero-order valence-electron chi connectivity index (χ0n) is 16.0. The van der Waals surface area contributed by atoms with E-state index < -0.39 is 5.60 Å². The van der Waals surface area contributed by atoms with Crippen LogP contribution in [0.15, 0.2) is 48.5 Å². The zero-order chi connectivity index (χ0) is 19.9. The molecule has 0 bridgehead atoms. The van der Waals surface area contributed by atoms with Gasteiger partial charge in [-0.1, -0.05) is 30.3 Å². The monoisotopic (exact) mass is 371 g/mol. The third kappa shape index (κ3) is 5.24. The van der Waals surface area contributed by atoms with Gasteiger partial charge in [-0.15, -0.1) is 0 Å². The number of rotatable bonds is 8. The van der Waals surface area contributed by atoms with Gasteiger partial charge in [-0.3, -0.25) is 4.79 Å². The number of ether oxygens (including phenoxy) is 3. The van der Waals surface area contributed by atoms with Crippen molar-refractivity contribution in [3.63, 3.8) is 0 Å². The van der Waals surface area contributed by atoms with Crippen molar-refractivity contribution in [2.24, 2.45) is 0 Å². The maximum absolute atomic E-state index is 12.1. The minimum Gasteiger partial charge on any atom is -0.493 e. The van der Waals surface area contributed by atoms with Gasteiger partial charge in [0.25, 0.3) is 0 Å². The van der Waals surface area contributed by atoms with E-state index in [0.29, 0.717) is 17.2 Å². The van der Waals surface area contributed by atoms with Crippen molar-refractivity contribution in [3.05, 3.63) is 59.7 Å². The van der Waals surface area contributed by atoms with Gasteiger partial charge in [0.05, 0.1) is 27.9 Å². The Morgan fingerprint density at radius 1 is 1.07 bits per heavy atom. The lowest BCUT2D eigenvalue weighted by Crippen LogP contribution is -2.37. The summed E-state index contributed by atoms with van der Waals surface area (Å²) >= 11 is 0. The molecule has 0 spiro atoms. The fraction of sp³-hybridized carbons (Fsp3) is 0.286. The largest absolute Gasteiger partial charge is 0.493 e. The van der Waals surface area contributed by atoms with Crippen molar-refractivity contribution in [1.82, 2.24) is 5.32 Å². The van der Waals surface area contributed by atoms with E-state index in [2.05, 4.69) is 5.32 Å². The summed E-state index contributed by atoms with van der Waals surface area (Å²) in [5.41, 5.74) is 0.297. The van der Waals surface area contributed by atoms with Crippen molar-refractivity contribution in [1.29, 1.82) is 0 Å². The summed E-state index contributed by atoms with van der Waals surface area (Å²) < 4.78 is 15.9. The second kappa shape index (κ2) is 9.09. The fourth-order valence-corrected chi connectivity index (χ4v) is 2.59. The Morgan fingerprint density at radius 2 is 1.67 bits per heavy atom. The normalized spacial score (nSPS) is 13.1. The van der Waals surface area contributed by atoms with E-state index in [1.807, 2.05) is 30.3 Å². The van der Waals surface area contributed by atoms with Gasteiger partial charge in [-0.25, -0.2) is 0 Å². The minimum absolute atomic E-state index is 0.0927. The summed E-state index contributed by atoms with van der Waals surface area (Å²) in [5, 5.41) is 13.2. The van der Waals surface area contributed by atoms with Gasteiger partial charge in [-0.05, 0) is 36.3 Å². The van der Waals surface area contributed by atoms with Crippen molar-refractivity contribution in [2.45, 2.75) is 12.5 Å². The Hall–Kier alpha value is -2.99. The van der Waals surface area contributed by atoms with Crippen molar-refractivity contribution in [3.8, 4) is 17.2 Å². The van der Waals surface area contributed by atoms with E-state index in [1.165, 1.54) is 27.4 Å². The van der Waals surface area contributed by atoms with Crippen LogP contribution in [0.4, 0.5) is 0 Å². The van der Waals surface area contributed by atoms with Crippen LogP contribution in [-0.4, -0.2) is 38.9 Å². The first-order valence-corrected chi connectivity index (χ1v) is 8.45. The van der Waals surface area contributed by atoms with Crippen LogP contribution in [0.5, 0.6) is 17.2 Å². The topological polar surface area (TPSA) is 77.0 Å². The van der Waals surface area contributed by atoms with Crippen molar-refractivity contribution >= 4 is 12.0 Å². The lowest BCUT2D eigenvalue weighted by atomic mass is 9.96. The molecular weight excluding hydrogens is 346 g/mol. The van der Waals surface area contributed by atoms with Gasteiger partial charge in [0.2, 0.25) is 11.7 Å². The molecule has 144 valence electrons. The number of carbonyl (C=O) groups excluding carboxylic acids is 1. The molecule has 2 rings (SSSR count). The molecule has 0 aliphatic carbocycles. The number of hydrogen-bond donors (Lipinski definition) is 2. The fourth-order valence-electron chi connectivity index (χ4n) is 2.59. The first kappa shape index (κ1) is 20.3. The first-order chi connectivity index (χ1) is 12.9. The molecule has 1 atom stereocenters. The Bertz CT molecular complexity index is 774. The Labute approximate surface area is 159 Å². The number of nitrogens with one attached hydrogen (secondary N) is 1. The predicted octanol–water partition coefficient (Wildman–Crippen LogP) is 2.75. The molecule has 0 saturated heterocycles. The number of carbonyl (C=O) groups is 1. The van der Waals surface area contributed by atoms with Crippen LogP contribution < -0.4 is 19.5 Å². The van der Waals surface area contributed by atoms with Crippen LogP contribution in [0.3, 0.4) is 0 Å². The molecule has 6 heteroatoms. The molecule has 0 aliphatic rings. The van der Waals surface area contributed by atoms with E-state index in [1.54, 1.807) is 25.1 Å². The second-order valence-electron chi connectivity index (χ2n) is 6.15. The molecule has 2 aromatic carbocycles. The van der Waals surface area contributed by atoms with Crippen LogP contribution in [0.25, 0.3) is 6.08 Å². The van der Waals surface area contributed by atoms with E-state index in [0.717, 1.165) is 11.1 Å². The molecule has 27 heavy (non-hydrogen) atoms. The molecule has 0 saturated carbocycles. The summed E-state index contributed by atoms with van der Waals surface area (Å²) in [5.74, 6) is 1.17. The highest BCUT2D eigenvalue weighted by molar-refractivity contribution is 5.92. The van der Waals surface area contributed by atoms with Crippen molar-refractivity contribution < 1.29 is 24.1 Å². The van der Waals surface area contributed by atoms with Crippen LogP contribution in [0.2, 0.25) is 0 Å². The number of aliphatic hydroxyl groups is 1. The molecular formula is C21H25NO5. The summed E-state index contributed by atoms with van der Waals surface area (Å²) in [6, 6.07) is 12.7. The highest BCUT2D eigenvalue weighted by Crippen LogP contribution is 2.38. The molecule has 0 fully saturated rings. The molecule has 6 nitrogen and oxygen atoms in total. The highest BCUT2D eigenvalue weighted by Gasteiger charge is 2.23. The average Bonchev–Trinajstić information content (AvgIpc) is 2.70. The maximum atomic E-state index is 12.1. The number of benzene rings is 2. The average molecular weight is 371 g/mol. The standard InChI is InChI=1S/C21H25NO5/c1-21(24,16-8-6-5-7-9-16)14-22-19(23)11-10-15-12-17(25-2)20(27-4)18(13-15)26-3/h5-13,24H,14H2,1-4H3,(H,22,23)/b11-10+. The number of amides is 1. The van der Waals surface area contributed by atoms with E-state index in [4.69, 9.17) is 14.2 Å². The zero-order valence-corrected chi connectivity index (χ0v) is 16.0. The summed E-state index contributed by atoms with van der Waals surface area (Å²) in [4.78, 5) is 12.1. The predicted molar refractivity (Wildman–Crippen MR) is 104 cm³/mol. The van der Waals surface area contributed by atoms with Gasteiger partial charge >= 0.3 is 0 Å². The quantitative estimate of drug-likeness (QED) is 0.698. The van der Waals surface area contributed by atoms with Crippen LogP contribution in [0, 0.1) is 0 Å². The Balaban J connectivity index is 2.06. The minimum atomic E-state index is -1.16. The van der Waals surface area contributed by atoms with Crippen LogP contribution in [0.1, 0.15) is 18.1 Å². The molecule has 0 aromatic heterocycles. The molecule has 2 aromatic rings. The second-order valence-corrected chi connectivity index (χ2v) is 6.15. The summed E-state index contributed by atoms with van der Waals surface area (Å²) in [6.45, 7) is 1.75. The van der Waals surface area contributed by atoms with Crippen molar-refractivity contribution in [2.75, 3.05) is 27.9 Å². The third-order valence-electron chi connectivity index (χ3n) is 4.12. The third-order valence-corrected chi connectivity index (χ3v) is 4.12. The SMILES string of the molecule is COc1cc(/C=C/C(=O)NCC(C)(O)c2ccccc2)cc(OC)c1OC. The van der Waals surface area contributed by atoms with Crippen LogP contribution in [-0.2, 0) is 10.4 Å². The van der Waals surface area contributed by atoms with Gasteiger partial charge in [0.15, 0.2) is 11.5 Å². The molecule has 0 radical (unpaired) electrons. The Kier molecular flexibility index (Phi) is 6.85. The number of methoxy groups -OCH3 is 3. The van der Waals surface area contributed by atoms with Gasteiger partial charge in [0.1, 0.15) is 5.60 Å².